The second-order valence-corrected chi connectivity index (χ2v) is 14.3. The van der Waals surface area contributed by atoms with Gasteiger partial charge in [0, 0.05) is 29.1 Å². The van der Waals surface area contributed by atoms with E-state index in [4.69, 9.17) is 9.97 Å². The van der Waals surface area contributed by atoms with E-state index in [9.17, 15) is 0 Å². The lowest BCUT2D eigenvalue weighted by Gasteiger charge is -2.30. The quantitative estimate of drug-likeness (QED) is 0.179. The molecule has 3 heteroatoms. The number of pyridine rings is 1. The Balaban J connectivity index is 1.10. The molecule has 2 aliphatic rings. The molecule has 0 fully saturated rings. The van der Waals surface area contributed by atoms with Crippen molar-refractivity contribution < 1.29 is 0 Å². The molecule has 2 aliphatic carbocycles. The maximum Gasteiger partial charge on any atom is 0.160 e. The van der Waals surface area contributed by atoms with Crippen LogP contribution in [-0.2, 0) is 5.41 Å². The summed E-state index contributed by atoms with van der Waals surface area (Å²) >= 11 is 0. The molecule has 0 saturated heterocycles. The third-order valence-corrected chi connectivity index (χ3v) is 11.4. The van der Waals surface area contributed by atoms with Crippen LogP contribution in [0.4, 0.5) is 0 Å². The van der Waals surface area contributed by atoms with Gasteiger partial charge in [0.25, 0.3) is 0 Å². The molecule has 11 rings (SSSR count). The molecule has 0 N–H and O–H groups in total. The third kappa shape index (κ3) is 4.80. The first kappa shape index (κ1) is 31.3. The van der Waals surface area contributed by atoms with E-state index in [0.29, 0.717) is 5.82 Å². The van der Waals surface area contributed by atoms with Gasteiger partial charge in [-0.25, -0.2) is 9.97 Å². The van der Waals surface area contributed by atoms with Crippen LogP contribution in [0, 0.1) is 0 Å². The maximum atomic E-state index is 5.27. The number of hydrogen-bond donors (Lipinski definition) is 0. The Morgan fingerprint density at radius 3 is 1.45 bits per heavy atom. The molecule has 1 spiro atoms. The Labute approximate surface area is 320 Å². The molecule has 9 aromatic rings. The minimum Gasteiger partial charge on any atom is -0.264 e. The summed E-state index contributed by atoms with van der Waals surface area (Å²) in [4.78, 5) is 14.7. The zero-order valence-electron chi connectivity index (χ0n) is 29.9. The average molecular weight is 700 g/mol. The van der Waals surface area contributed by atoms with Crippen LogP contribution in [0.25, 0.3) is 78.4 Å². The number of benzene rings is 7. The van der Waals surface area contributed by atoms with E-state index in [1.165, 1.54) is 44.5 Å². The molecule has 0 bridgehead atoms. The Hall–Kier alpha value is -7.23. The number of nitrogens with zero attached hydrogens (tertiary/aromatic N) is 3. The SMILES string of the molecule is c1ccc(-c2nc(-c3ccc(-c4cccnc4)cc3)cc(-c3ccccc3-c3ccc4c(c3)C3(c5ccccc5-c5ccccc53)c3ccccc3-4)n2)cc1. The van der Waals surface area contributed by atoms with Gasteiger partial charge in [0.15, 0.2) is 5.82 Å². The molecule has 0 amide bonds. The second kappa shape index (κ2) is 12.4. The predicted molar refractivity (Wildman–Crippen MR) is 223 cm³/mol. The summed E-state index contributed by atoms with van der Waals surface area (Å²) < 4.78 is 0. The summed E-state index contributed by atoms with van der Waals surface area (Å²) in [6.07, 6.45) is 3.70. The van der Waals surface area contributed by atoms with Gasteiger partial charge in [-0.05, 0) is 85.0 Å². The largest absolute Gasteiger partial charge is 0.264 e. The van der Waals surface area contributed by atoms with Gasteiger partial charge in [-0.3, -0.25) is 4.98 Å². The molecule has 0 radical (unpaired) electrons. The van der Waals surface area contributed by atoms with E-state index in [2.05, 4.69) is 169 Å². The van der Waals surface area contributed by atoms with Crippen molar-refractivity contribution in [3.05, 3.63) is 223 Å². The smallest absolute Gasteiger partial charge is 0.160 e. The van der Waals surface area contributed by atoms with Crippen LogP contribution in [0.15, 0.2) is 200 Å². The lowest BCUT2D eigenvalue weighted by Crippen LogP contribution is -2.25. The highest BCUT2D eigenvalue weighted by Gasteiger charge is 2.51. The van der Waals surface area contributed by atoms with E-state index in [0.717, 1.165) is 50.3 Å². The van der Waals surface area contributed by atoms with Crippen LogP contribution < -0.4 is 0 Å². The molecular formula is C52H33N3. The molecule has 0 aliphatic heterocycles. The van der Waals surface area contributed by atoms with E-state index in [1.807, 2.05) is 30.5 Å². The molecule has 0 unspecified atom stereocenters. The monoisotopic (exact) mass is 699 g/mol. The standard InChI is InChI=1S/C52H33N3/c1-2-13-36(14-3-1)51-54-49(35-26-24-34(25-27-35)38-15-12-30-53-33-38)32-50(55-51)44-20-5-4-16-39(44)37-28-29-43-42-19-8-11-23-47(42)52(48(43)31-37)45-21-9-6-17-40(45)41-18-7-10-22-46(41)52/h1-33H. The van der Waals surface area contributed by atoms with E-state index in [1.54, 1.807) is 6.20 Å². The fourth-order valence-electron chi connectivity index (χ4n) is 9.04. The maximum absolute atomic E-state index is 5.27. The topological polar surface area (TPSA) is 38.7 Å². The summed E-state index contributed by atoms with van der Waals surface area (Å²) in [6, 6.07) is 67.7. The Morgan fingerprint density at radius 1 is 0.309 bits per heavy atom. The van der Waals surface area contributed by atoms with Crippen molar-refractivity contribution in [1.82, 2.24) is 15.0 Å². The zero-order valence-corrected chi connectivity index (χ0v) is 29.9. The van der Waals surface area contributed by atoms with Gasteiger partial charge in [0.2, 0.25) is 0 Å². The van der Waals surface area contributed by atoms with Gasteiger partial charge in [0.1, 0.15) is 0 Å². The van der Waals surface area contributed by atoms with Crippen molar-refractivity contribution in [2.75, 3.05) is 0 Å². The Morgan fingerprint density at radius 2 is 0.818 bits per heavy atom. The summed E-state index contributed by atoms with van der Waals surface area (Å²) in [6.45, 7) is 0. The lowest BCUT2D eigenvalue weighted by molar-refractivity contribution is 0.794. The van der Waals surface area contributed by atoms with Gasteiger partial charge < -0.3 is 0 Å². The van der Waals surface area contributed by atoms with Crippen LogP contribution >= 0.6 is 0 Å². The van der Waals surface area contributed by atoms with Crippen molar-refractivity contribution in [1.29, 1.82) is 0 Å². The van der Waals surface area contributed by atoms with Gasteiger partial charge in [0.05, 0.1) is 16.8 Å². The van der Waals surface area contributed by atoms with Crippen molar-refractivity contribution >= 4 is 0 Å². The molecule has 0 atom stereocenters. The van der Waals surface area contributed by atoms with Gasteiger partial charge in [-0.15, -0.1) is 0 Å². The molecule has 256 valence electrons. The van der Waals surface area contributed by atoms with Crippen LogP contribution in [0.3, 0.4) is 0 Å². The first-order chi connectivity index (χ1) is 27.3. The third-order valence-electron chi connectivity index (χ3n) is 11.4. The predicted octanol–water partition coefficient (Wildman–Crippen LogP) is 12.6. The lowest BCUT2D eigenvalue weighted by atomic mass is 9.70. The molecule has 2 heterocycles. The van der Waals surface area contributed by atoms with E-state index < -0.39 is 5.41 Å². The average Bonchev–Trinajstić information content (AvgIpc) is 3.74. The number of rotatable bonds is 5. The van der Waals surface area contributed by atoms with Gasteiger partial charge in [-0.1, -0.05) is 170 Å². The van der Waals surface area contributed by atoms with Crippen LogP contribution in [0.5, 0.6) is 0 Å². The highest BCUT2D eigenvalue weighted by atomic mass is 14.9. The normalized spacial score (nSPS) is 12.9. The summed E-state index contributed by atoms with van der Waals surface area (Å²) in [5.74, 6) is 0.696. The Bertz CT molecular complexity index is 2850. The number of aromatic nitrogens is 3. The Kier molecular flexibility index (Phi) is 7.08. The van der Waals surface area contributed by atoms with Crippen LogP contribution in [-0.4, -0.2) is 15.0 Å². The van der Waals surface area contributed by atoms with Gasteiger partial charge >= 0.3 is 0 Å². The van der Waals surface area contributed by atoms with Crippen LogP contribution in [0.2, 0.25) is 0 Å². The number of fused-ring (bicyclic) bond motifs is 10. The minimum absolute atomic E-state index is 0.408. The molecule has 0 saturated carbocycles. The van der Waals surface area contributed by atoms with Crippen LogP contribution in [0.1, 0.15) is 22.3 Å². The van der Waals surface area contributed by atoms with Crippen molar-refractivity contribution in [2.45, 2.75) is 5.41 Å². The van der Waals surface area contributed by atoms with E-state index in [-0.39, 0.29) is 0 Å². The van der Waals surface area contributed by atoms with E-state index >= 15 is 0 Å². The summed E-state index contributed by atoms with van der Waals surface area (Å²) in [5.41, 5.74) is 19.4. The highest BCUT2D eigenvalue weighted by molar-refractivity contribution is 5.96. The van der Waals surface area contributed by atoms with Gasteiger partial charge in [-0.2, -0.15) is 0 Å². The minimum atomic E-state index is -0.408. The first-order valence-electron chi connectivity index (χ1n) is 18.8. The first-order valence-corrected chi connectivity index (χ1v) is 18.8. The highest BCUT2D eigenvalue weighted by Crippen LogP contribution is 2.63. The molecule has 55 heavy (non-hydrogen) atoms. The summed E-state index contributed by atoms with van der Waals surface area (Å²) in [7, 11) is 0. The molecular weight excluding hydrogens is 667 g/mol. The fourth-order valence-corrected chi connectivity index (χ4v) is 9.04. The van der Waals surface area contributed by atoms with Crippen molar-refractivity contribution in [3.8, 4) is 78.4 Å². The molecule has 2 aromatic heterocycles. The molecule has 3 nitrogen and oxygen atoms in total. The molecule has 7 aromatic carbocycles. The number of hydrogen-bond acceptors (Lipinski definition) is 3. The zero-order chi connectivity index (χ0) is 36.3. The van der Waals surface area contributed by atoms with Crippen molar-refractivity contribution in [3.63, 3.8) is 0 Å². The summed E-state index contributed by atoms with van der Waals surface area (Å²) in [5, 5.41) is 0. The second-order valence-electron chi connectivity index (χ2n) is 14.3. The van der Waals surface area contributed by atoms with Crippen molar-refractivity contribution in [2.24, 2.45) is 0 Å². The fraction of sp³-hybridized carbons (Fsp3) is 0.0192.